The predicted octanol–water partition coefficient (Wildman–Crippen LogP) is 2.86. The number of fused-ring (bicyclic) bond motifs is 1. The van der Waals surface area contributed by atoms with Crippen molar-refractivity contribution in [2.24, 2.45) is 4.99 Å². The first-order valence-electron chi connectivity index (χ1n) is 12.9. The number of aromatic nitrogens is 2. The third-order valence-corrected chi connectivity index (χ3v) is 7.77. The van der Waals surface area contributed by atoms with Crippen molar-refractivity contribution >= 4 is 63.2 Å². The first-order valence-corrected chi connectivity index (χ1v) is 14.1. The van der Waals surface area contributed by atoms with Crippen molar-refractivity contribution in [2.75, 3.05) is 39.3 Å². The Kier molecular flexibility index (Phi) is 8.85. The zero-order valence-electron chi connectivity index (χ0n) is 22.0. The minimum atomic E-state index is -4.53. The number of amidine groups is 1. The molecule has 10 nitrogen and oxygen atoms in total. The third-order valence-electron chi connectivity index (χ3n) is 6.49. The van der Waals surface area contributed by atoms with Crippen molar-refractivity contribution in [1.82, 2.24) is 30.6 Å². The average molecular weight is 620 g/mol. The number of piperazine rings is 2. The van der Waals surface area contributed by atoms with Crippen LogP contribution in [0.5, 0.6) is 0 Å². The lowest BCUT2D eigenvalue weighted by molar-refractivity contribution is -0.138. The monoisotopic (exact) mass is 619 g/mol. The Morgan fingerprint density at radius 1 is 1.02 bits per heavy atom. The number of thioether (sulfide) groups is 1. The summed E-state index contributed by atoms with van der Waals surface area (Å²) in [7, 11) is 0. The molecule has 2 saturated heterocycles. The molecule has 0 saturated carbocycles. The Balaban J connectivity index is 0.000000442. The predicted molar refractivity (Wildman–Crippen MR) is 154 cm³/mol. The molecule has 0 spiro atoms. The van der Waals surface area contributed by atoms with E-state index in [2.05, 4.69) is 26.0 Å². The molecule has 3 aliphatic rings. The van der Waals surface area contributed by atoms with Crippen LogP contribution in [-0.4, -0.2) is 76.8 Å². The second-order valence-electron chi connectivity index (χ2n) is 9.53. The summed E-state index contributed by atoms with van der Waals surface area (Å²) in [4.78, 5) is 40.6. The number of nitrogens with one attached hydrogen (secondary N) is 3. The van der Waals surface area contributed by atoms with Crippen LogP contribution in [0.3, 0.4) is 0 Å². The van der Waals surface area contributed by atoms with Gasteiger partial charge in [-0.05, 0) is 53.2 Å². The van der Waals surface area contributed by atoms with Crippen LogP contribution in [0.1, 0.15) is 16.7 Å². The summed E-state index contributed by atoms with van der Waals surface area (Å²) >= 11 is 6.98. The number of halogens is 4. The third kappa shape index (κ3) is 7.12. The van der Waals surface area contributed by atoms with Crippen LogP contribution in [0.25, 0.3) is 17.0 Å². The second kappa shape index (κ2) is 12.5. The van der Waals surface area contributed by atoms with Gasteiger partial charge in [0.2, 0.25) is 11.8 Å². The zero-order valence-corrected chi connectivity index (χ0v) is 23.6. The van der Waals surface area contributed by atoms with Gasteiger partial charge < -0.3 is 20.9 Å². The quantitative estimate of drug-likeness (QED) is 0.386. The van der Waals surface area contributed by atoms with Crippen molar-refractivity contribution in [3.63, 3.8) is 0 Å². The standard InChI is InChI=1S/C23H17ClF3N5O2S.C4H8N2O/c24-16-3-2-14(17(9-16)23(25,26)27)11-32-18-4-1-13(7-15(18)10-29-32)8-19-21(34)30-22(35-19)31-6-5-28-20(33)12-31;7-4-3-5-1-2-6-4/h1-4,7-10H,5-6,11-12H2,(H,28,33);5H,1-3H2,(H,6,7). The van der Waals surface area contributed by atoms with Crippen LogP contribution in [0.2, 0.25) is 5.02 Å². The minimum Gasteiger partial charge on any atom is -0.354 e. The van der Waals surface area contributed by atoms with E-state index < -0.39 is 11.7 Å². The number of alkyl halides is 3. The van der Waals surface area contributed by atoms with E-state index in [4.69, 9.17) is 11.6 Å². The molecular formula is C27H25ClF3N7O3S. The van der Waals surface area contributed by atoms with Gasteiger partial charge in [0, 0.05) is 36.6 Å². The van der Waals surface area contributed by atoms with Crippen LogP contribution in [0.4, 0.5) is 13.2 Å². The maximum Gasteiger partial charge on any atom is 0.416 e. The van der Waals surface area contributed by atoms with Crippen molar-refractivity contribution in [2.45, 2.75) is 12.7 Å². The highest BCUT2D eigenvalue weighted by atomic mass is 35.5. The van der Waals surface area contributed by atoms with E-state index in [1.165, 1.54) is 28.6 Å². The van der Waals surface area contributed by atoms with Crippen LogP contribution >= 0.6 is 23.4 Å². The lowest BCUT2D eigenvalue weighted by atomic mass is 10.1. The van der Waals surface area contributed by atoms with Crippen molar-refractivity contribution in [3.05, 3.63) is 69.2 Å². The number of rotatable bonds is 3. The molecule has 2 fully saturated rings. The molecule has 220 valence electrons. The van der Waals surface area contributed by atoms with E-state index >= 15 is 0 Å². The summed E-state index contributed by atoms with van der Waals surface area (Å²) in [6, 6.07) is 9.00. The first-order chi connectivity index (χ1) is 20.1. The van der Waals surface area contributed by atoms with E-state index in [1.807, 2.05) is 0 Å². The second-order valence-corrected chi connectivity index (χ2v) is 11.0. The molecule has 3 N–H and O–H groups in total. The lowest BCUT2D eigenvalue weighted by Gasteiger charge is -2.27. The summed E-state index contributed by atoms with van der Waals surface area (Å²) < 4.78 is 41.9. The SMILES string of the molecule is O=C1CN(C2=NC(=O)C(=Cc3ccc4c(cnn4Cc4ccc(Cl)cc4C(F)(F)F)c3)S2)CCN1.O=C1CNCCN1. The van der Waals surface area contributed by atoms with Crippen LogP contribution < -0.4 is 16.0 Å². The number of nitrogens with zero attached hydrogens (tertiary/aromatic N) is 4. The molecule has 3 aromatic rings. The van der Waals surface area contributed by atoms with E-state index in [1.54, 1.807) is 35.4 Å². The first kappa shape index (κ1) is 29.6. The topological polar surface area (TPSA) is 121 Å². The Morgan fingerprint density at radius 2 is 1.83 bits per heavy atom. The van der Waals surface area contributed by atoms with Gasteiger partial charge in [0.25, 0.3) is 5.91 Å². The molecule has 2 aromatic carbocycles. The van der Waals surface area contributed by atoms with Gasteiger partial charge in [-0.1, -0.05) is 23.7 Å². The van der Waals surface area contributed by atoms with Crippen LogP contribution in [0.15, 0.2) is 52.5 Å². The molecule has 6 rings (SSSR count). The molecular weight excluding hydrogens is 595 g/mol. The molecule has 1 aromatic heterocycles. The molecule has 4 heterocycles. The fraction of sp³-hybridized carbons (Fsp3) is 0.296. The molecule has 3 amide bonds. The summed E-state index contributed by atoms with van der Waals surface area (Å²) in [5.74, 6) is -0.395. The van der Waals surface area contributed by atoms with Gasteiger partial charge in [-0.15, -0.1) is 0 Å². The van der Waals surface area contributed by atoms with Crippen LogP contribution in [0, 0.1) is 0 Å². The number of carbonyl (C=O) groups excluding carboxylic acids is 3. The van der Waals surface area contributed by atoms with Gasteiger partial charge in [0.15, 0.2) is 5.17 Å². The lowest BCUT2D eigenvalue weighted by Crippen LogP contribution is -2.49. The number of carbonyl (C=O) groups is 3. The minimum absolute atomic E-state index is 0.0131. The summed E-state index contributed by atoms with van der Waals surface area (Å²) in [6.45, 7) is 3.32. The Bertz CT molecular complexity index is 1600. The Hall–Kier alpha value is -3.88. The molecule has 0 bridgehead atoms. The van der Waals surface area contributed by atoms with Crippen molar-refractivity contribution in [1.29, 1.82) is 0 Å². The normalized spacial score (nSPS) is 18.5. The van der Waals surface area contributed by atoms with Gasteiger partial charge in [-0.25, -0.2) is 0 Å². The fourth-order valence-corrected chi connectivity index (χ4v) is 5.58. The van der Waals surface area contributed by atoms with Crippen LogP contribution in [-0.2, 0) is 27.1 Å². The fourth-order valence-electron chi connectivity index (χ4n) is 4.47. The molecule has 3 aliphatic heterocycles. The van der Waals surface area contributed by atoms with Gasteiger partial charge in [-0.2, -0.15) is 23.3 Å². The largest absolute Gasteiger partial charge is 0.416 e. The van der Waals surface area contributed by atoms with Gasteiger partial charge in [-0.3, -0.25) is 19.1 Å². The molecule has 0 aliphatic carbocycles. The smallest absolute Gasteiger partial charge is 0.354 e. The number of amides is 3. The van der Waals surface area contributed by atoms with E-state index in [0.717, 1.165) is 24.7 Å². The van der Waals surface area contributed by atoms with Gasteiger partial charge >= 0.3 is 6.18 Å². The molecule has 42 heavy (non-hydrogen) atoms. The van der Waals surface area contributed by atoms with Crippen molar-refractivity contribution < 1.29 is 27.6 Å². The highest BCUT2D eigenvalue weighted by molar-refractivity contribution is 8.18. The number of hydrogen-bond donors (Lipinski definition) is 3. The number of aliphatic imine (C=N–C) groups is 1. The van der Waals surface area contributed by atoms with E-state index in [-0.39, 0.29) is 41.4 Å². The maximum absolute atomic E-state index is 13.5. The molecule has 0 atom stereocenters. The summed E-state index contributed by atoms with van der Waals surface area (Å²) in [6.07, 6.45) is -1.27. The highest BCUT2D eigenvalue weighted by Gasteiger charge is 2.34. The number of benzene rings is 2. The highest BCUT2D eigenvalue weighted by Crippen LogP contribution is 2.35. The molecule has 15 heteroatoms. The summed E-state index contributed by atoms with van der Waals surface area (Å²) in [5.41, 5.74) is 0.635. The Labute approximate surface area is 247 Å². The molecule has 0 radical (unpaired) electrons. The number of hydrogen-bond acceptors (Lipinski definition) is 7. The maximum atomic E-state index is 13.5. The van der Waals surface area contributed by atoms with E-state index in [0.29, 0.717) is 40.6 Å². The van der Waals surface area contributed by atoms with Gasteiger partial charge in [0.05, 0.1) is 41.8 Å². The van der Waals surface area contributed by atoms with E-state index in [9.17, 15) is 27.6 Å². The zero-order chi connectivity index (χ0) is 29.9. The molecule has 0 unspecified atom stereocenters. The summed E-state index contributed by atoms with van der Waals surface area (Å²) in [5, 5.41) is 13.8. The van der Waals surface area contributed by atoms with Crippen molar-refractivity contribution in [3.8, 4) is 0 Å². The Morgan fingerprint density at radius 3 is 2.52 bits per heavy atom. The van der Waals surface area contributed by atoms with Gasteiger partial charge in [0.1, 0.15) is 0 Å². The average Bonchev–Trinajstić information content (AvgIpc) is 3.52.